The molecule has 2 N–H and O–H groups in total. The molecule has 0 amide bonds. The number of rotatable bonds is 3. The van der Waals surface area contributed by atoms with Gasteiger partial charge in [0, 0.05) is 26.6 Å². The van der Waals surface area contributed by atoms with E-state index < -0.39 is 5.82 Å². The first-order valence-corrected chi connectivity index (χ1v) is 7.08. The van der Waals surface area contributed by atoms with Crippen LogP contribution in [0.2, 0.25) is 0 Å². The van der Waals surface area contributed by atoms with E-state index in [2.05, 4.69) is 31.9 Å². The van der Waals surface area contributed by atoms with Gasteiger partial charge >= 0.3 is 0 Å². The second-order valence-corrected chi connectivity index (χ2v) is 5.90. The molecular formula is C14H10Br2FNO. The van der Waals surface area contributed by atoms with Crippen LogP contribution in [0.4, 0.5) is 10.1 Å². The zero-order chi connectivity index (χ0) is 14.0. The number of nitrogens with two attached hydrogens (primary N) is 1. The van der Waals surface area contributed by atoms with Crippen LogP contribution >= 0.6 is 31.9 Å². The van der Waals surface area contributed by atoms with E-state index in [9.17, 15) is 9.18 Å². The standard InChI is InChI=1S/C14H10Br2FNO/c15-9-3-4-13(18)11(6-9)14(19)5-8-1-2-10(16)7-12(8)17/h1-4,6-7H,5,18H2. The number of nitrogen functional groups attached to an aromatic ring is 1. The number of anilines is 1. The molecule has 0 atom stereocenters. The summed E-state index contributed by atoms with van der Waals surface area (Å²) in [5.41, 5.74) is 6.91. The van der Waals surface area contributed by atoms with Crippen molar-refractivity contribution in [2.24, 2.45) is 0 Å². The number of benzene rings is 2. The molecule has 2 nitrogen and oxygen atoms in total. The smallest absolute Gasteiger partial charge is 0.169 e. The Morgan fingerprint density at radius 3 is 2.42 bits per heavy atom. The molecule has 0 radical (unpaired) electrons. The highest BCUT2D eigenvalue weighted by Gasteiger charge is 2.13. The van der Waals surface area contributed by atoms with Crippen molar-refractivity contribution in [3.8, 4) is 0 Å². The molecule has 0 aliphatic carbocycles. The molecule has 0 aliphatic rings. The molecule has 2 aromatic rings. The second kappa shape index (κ2) is 5.84. The first-order valence-electron chi connectivity index (χ1n) is 5.49. The summed E-state index contributed by atoms with van der Waals surface area (Å²) in [6, 6.07) is 9.68. The van der Waals surface area contributed by atoms with Crippen LogP contribution in [0.25, 0.3) is 0 Å². The lowest BCUT2D eigenvalue weighted by Crippen LogP contribution is -2.08. The minimum absolute atomic E-state index is 0.0141. The van der Waals surface area contributed by atoms with Crippen molar-refractivity contribution in [2.45, 2.75) is 6.42 Å². The predicted molar refractivity (Wildman–Crippen MR) is 80.7 cm³/mol. The van der Waals surface area contributed by atoms with Gasteiger partial charge in [0.2, 0.25) is 0 Å². The van der Waals surface area contributed by atoms with Crippen molar-refractivity contribution in [2.75, 3.05) is 5.73 Å². The maximum absolute atomic E-state index is 13.7. The molecular weight excluding hydrogens is 377 g/mol. The first kappa shape index (κ1) is 14.2. The highest BCUT2D eigenvalue weighted by Crippen LogP contribution is 2.22. The Labute approximate surface area is 127 Å². The van der Waals surface area contributed by atoms with Crippen molar-refractivity contribution < 1.29 is 9.18 Å². The zero-order valence-electron chi connectivity index (χ0n) is 9.79. The lowest BCUT2D eigenvalue weighted by atomic mass is 10.0. The van der Waals surface area contributed by atoms with Crippen LogP contribution in [0.3, 0.4) is 0 Å². The van der Waals surface area contributed by atoms with E-state index >= 15 is 0 Å². The van der Waals surface area contributed by atoms with Crippen molar-refractivity contribution in [3.63, 3.8) is 0 Å². The molecule has 2 aromatic carbocycles. The number of Topliss-reactive ketones (excluding diaryl/α,β-unsaturated/α-hetero) is 1. The summed E-state index contributed by atoms with van der Waals surface area (Å²) in [6.07, 6.45) is -0.0141. The van der Waals surface area contributed by atoms with E-state index in [1.54, 1.807) is 30.3 Å². The number of carbonyl (C=O) groups is 1. The Morgan fingerprint density at radius 1 is 1.11 bits per heavy atom. The topological polar surface area (TPSA) is 43.1 Å². The number of hydrogen-bond donors (Lipinski definition) is 1. The Bertz CT molecular complexity index is 643. The van der Waals surface area contributed by atoms with Crippen LogP contribution in [-0.2, 0) is 6.42 Å². The zero-order valence-corrected chi connectivity index (χ0v) is 13.0. The van der Waals surface area contributed by atoms with Crippen LogP contribution < -0.4 is 5.73 Å². The van der Waals surface area contributed by atoms with E-state index in [0.29, 0.717) is 21.3 Å². The van der Waals surface area contributed by atoms with Gasteiger partial charge in [-0.15, -0.1) is 0 Å². The van der Waals surface area contributed by atoms with Gasteiger partial charge in [-0.1, -0.05) is 37.9 Å². The normalized spacial score (nSPS) is 10.5. The third kappa shape index (κ3) is 3.42. The van der Waals surface area contributed by atoms with Gasteiger partial charge in [-0.05, 0) is 35.9 Å². The molecule has 19 heavy (non-hydrogen) atoms. The highest BCUT2D eigenvalue weighted by molar-refractivity contribution is 9.10. The van der Waals surface area contributed by atoms with Crippen LogP contribution in [-0.4, -0.2) is 5.78 Å². The van der Waals surface area contributed by atoms with Gasteiger partial charge in [-0.3, -0.25) is 4.79 Å². The van der Waals surface area contributed by atoms with Crippen molar-refractivity contribution >= 4 is 43.3 Å². The van der Waals surface area contributed by atoms with E-state index in [1.165, 1.54) is 6.07 Å². The van der Waals surface area contributed by atoms with E-state index in [-0.39, 0.29) is 12.2 Å². The highest BCUT2D eigenvalue weighted by atomic mass is 79.9. The fourth-order valence-electron chi connectivity index (χ4n) is 1.70. The number of hydrogen-bond acceptors (Lipinski definition) is 2. The molecule has 0 fully saturated rings. The summed E-state index contributed by atoms with van der Waals surface area (Å²) in [4.78, 5) is 12.1. The lowest BCUT2D eigenvalue weighted by Gasteiger charge is -2.07. The van der Waals surface area contributed by atoms with Gasteiger partial charge in [0.25, 0.3) is 0 Å². The summed E-state index contributed by atoms with van der Waals surface area (Å²) in [5, 5.41) is 0. The Kier molecular flexibility index (Phi) is 4.37. The average molecular weight is 387 g/mol. The summed E-state index contributed by atoms with van der Waals surface area (Å²) in [6.45, 7) is 0. The fraction of sp³-hybridized carbons (Fsp3) is 0.0714. The predicted octanol–water partition coefficient (Wildman–Crippen LogP) is 4.36. The average Bonchev–Trinajstić information content (AvgIpc) is 2.35. The molecule has 0 unspecified atom stereocenters. The number of carbonyl (C=O) groups excluding carboxylic acids is 1. The van der Waals surface area contributed by atoms with Gasteiger partial charge in [0.1, 0.15) is 5.82 Å². The SMILES string of the molecule is Nc1ccc(Br)cc1C(=O)Cc1ccc(Br)cc1F. The molecule has 0 saturated carbocycles. The maximum Gasteiger partial charge on any atom is 0.169 e. The Hall–Kier alpha value is -1.20. The molecule has 5 heteroatoms. The van der Waals surface area contributed by atoms with Crippen LogP contribution in [0, 0.1) is 5.82 Å². The van der Waals surface area contributed by atoms with Crippen molar-refractivity contribution in [3.05, 3.63) is 62.3 Å². The molecule has 0 aromatic heterocycles. The second-order valence-electron chi connectivity index (χ2n) is 4.07. The minimum atomic E-state index is -0.406. The summed E-state index contributed by atoms with van der Waals surface area (Å²) < 4.78 is 15.1. The summed E-state index contributed by atoms with van der Waals surface area (Å²) in [7, 11) is 0. The summed E-state index contributed by atoms with van der Waals surface area (Å²) in [5.74, 6) is -0.615. The fourth-order valence-corrected chi connectivity index (χ4v) is 2.40. The third-order valence-corrected chi connectivity index (χ3v) is 3.67. The van der Waals surface area contributed by atoms with Gasteiger partial charge < -0.3 is 5.73 Å². The van der Waals surface area contributed by atoms with E-state index in [1.807, 2.05) is 0 Å². The van der Waals surface area contributed by atoms with Crippen molar-refractivity contribution in [1.29, 1.82) is 0 Å². The number of ketones is 1. The quantitative estimate of drug-likeness (QED) is 0.629. The molecule has 0 spiro atoms. The van der Waals surface area contributed by atoms with Crippen molar-refractivity contribution in [1.82, 2.24) is 0 Å². The number of halogens is 3. The molecule has 98 valence electrons. The molecule has 0 heterocycles. The molecule has 0 aliphatic heterocycles. The minimum Gasteiger partial charge on any atom is -0.398 e. The first-order chi connectivity index (χ1) is 8.97. The van der Waals surface area contributed by atoms with Gasteiger partial charge in [0.05, 0.1) is 0 Å². The molecule has 2 rings (SSSR count). The van der Waals surface area contributed by atoms with E-state index in [0.717, 1.165) is 4.47 Å². The lowest BCUT2D eigenvalue weighted by molar-refractivity contribution is 0.0992. The van der Waals surface area contributed by atoms with Gasteiger partial charge in [-0.2, -0.15) is 0 Å². The molecule has 0 saturated heterocycles. The Morgan fingerprint density at radius 2 is 1.74 bits per heavy atom. The van der Waals surface area contributed by atoms with Gasteiger partial charge in [0.15, 0.2) is 5.78 Å². The third-order valence-electron chi connectivity index (χ3n) is 2.68. The largest absolute Gasteiger partial charge is 0.398 e. The Balaban J connectivity index is 2.28. The van der Waals surface area contributed by atoms with Crippen LogP contribution in [0.5, 0.6) is 0 Å². The van der Waals surface area contributed by atoms with Crippen LogP contribution in [0.15, 0.2) is 45.3 Å². The maximum atomic E-state index is 13.7. The van der Waals surface area contributed by atoms with Gasteiger partial charge in [-0.25, -0.2) is 4.39 Å². The van der Waals surface area contributed by atoms with E-state index in [4.69, 9.17) is 5.73 Å². The monoisotopic (exact) mass is 385 g/mol. The summed E-state index contributed by atoms with van der Waals surface area (Å²) >= 11 is 6.46. The van der Waals surface area contributed by atoms with Crippen LogP contribution in [0.1, 0.15) is 15.9 Å². The molecule has 0 bridgehead atoms.